The van der Waals surface area contributed by atoms with Crippen molar-refractivity contribution in [1.82, 2.24) is 4.90 Å². The van der Waals surface area contributed by atoms with E-state index in [1.165, 1.54) is 22.3 Å². The molecule has 0 amide bonds. The highest BCUT2D eigenvalue weighted by atomic mass is 35.5. The molecule has 0 aromatic heterocycles. The predicted octanol–water partition coefficient (Wildman–Crippen LogP) is 6.14. The van der Waals surface area contributed by atoms with Gasteiger partial charge in [0.1, 0.15) is 0 Å². The molecule has 3 aromatic carbocycles. The number of hydrogen-bond acceptors (Lipinski definition) is 2. The average molecular weight is 418 g/mol. The summed E-state index contributed by atoms with van der Waals surface area (Å²) in [6, 6.07) is 26.9. The molecule has 3 heteroatoms. The Morgan fingerprint density at radius 1 is 0.867 bits per heavy atom. The fourth-order valence-corrected chi connectivity index (χ4v) is 4.12. The van der Waals surface area contributed by atoms with Crippen LogP contribution in [0.5, 0.6) is 0 Å². The van der Waals surface area contributed by atoms with Crippen LogP contribution in [0.25, 0.3) is 5.57 Å². The van der Waals surface area contributed by atoms with Crippen molar-refractivity contribution in [3.05, 3.63) is 112 Å². The SMILES string of the molecule is O[C@@H](CCN1CC=C(c2ccccc2)CC1)c1ccc(Cc2ccc(Cl)cc2)cc1. The van der Waals surface area contributed by atoms with Gasteiger partial charge in [-0.2, -0.15) is 0 Å². The van der Waals surface area contributed by atoms with Gasteiger partial charge in [-0.25, -0.2) is 0 Å². The van der Waals surface area contributed by atoms with E-state index in [1.807, 2.05) is 12.1 Å². The Kier molecular flexibility index (Phi) is 7.01. The number of hydrogen-bond donors (Lipinski definition) is 1. The third-order valence-corrected chi connectivity index (χ3v) is 6.09. The smallest absolute Gasteiger partial charge is 0.0802 e. The summed E-state index contributed by atoms with van der Waals surface area (Å²) in [7, 11) is 0. The Morgan fingerprint density at radius 3 is 2.17 bits per heavy atom. The summed E-state index contributed by atoms with van der Waals surface area (Å²) in [5.74, 6) is 0. The van der Waals surface area contributed by atoms with Crippen LogP contribution in [0, 0.1) is 0 Å². The number of aliphatic hydroxyl groups is 1. The van der Waals surface area contributed by atoms with Crippen LogP contribution in [0.4, 0.5) is 0 Å². The Labute approximate surface area is 184 Å². The molecule has 0 spiro atoms. The first-order chi connectivity index (χ1) is 14.7. The first kappa shape index (κ1) is 20.9. The first-order valence-electron chi connectivity index (χ1n) is 10.7. The molecule has 0 bridgehead atoms. The van der Waals surface area contributed by atoms with E-state index in [1.54, 1.807) is 0 Å². The van der Waals surface area contributed by atoms with Gasteiger partial charge in [-0.15, -0.1) is 0 Å². The molecule has 1 atom stereocenters. The minimum absolute atomic E-state index is 0.422. The highest BCUT2D eigenvalue weighted by Crippen LogP contribution is 2.24. The average Bonchev–Trinajstić information content (AvgIpc) is 2.80. The van der Waals surface area contributed by atoms with E-state index in [0.717, 1.165) is 49.5 Å². The lowest BCUT2D eigenvalue weighted by Crippen LogP contribution is -2.30. The van der Waals surface area contributed by atoms with Crippen molar-refractivity contribution in [3.63, 3.8) is 0 Å². The van der Waals surface area contributed by atoms with Gasteiger partial charge in [-0.1, -0.05) is 84.4 Å². The topological polar surface area (TPSA) is 23.5 Å². The van der Waals surface area contributed by atoms with Crippen molar-refractivity contribution < 1.29 is 5.11 Å². The Bertz CT molecular complexity index is 964. The van der Waals surface area contributed by atoms with Gasteiger partial charge in [0.25, 0.3) is 0 Å². The van der Waals surface area contributed by atoms with E-state index in [9.17, 15) is 5.11 Å². The first-order valence-corrected chi connectivity index (χ1v) is 11.0. The summed E-state index contributed by atoms with van der Waals surface area (Å²) in [6.07, 6.45) is 4.60. The number of rotatable bonds is 7. The molecule has 1 aliphatic heterocycles. The fourth-order valence-electron chi connectivity index (χ4n) is 4.00. The molecule has 1 aliphatic rings. The minimum atomic E-state index is -0.422. The van der Waals surface area contributed by atoms with E-state index in [-0.39, 0.29) is 0 Å². The zero-order valence-electron chi connectivity index (χ0n) is 17.2. The molecule has 0 radical (unpaired) electrons. The lowest BCUT2D eigenvalue weighted by Gasteiger charge is -2.27. The van der Waals surface area contributed by atoms with Crippen LogP contribution in [0.1, 0.15) is 41.2 Å². The maximum Gasteiger partial charge on any atom is 0.0802 e. The molecule has 2 nitrogen and oxygen atoms in total. The second-order valence-electron chi connectivity index (χ2n) is 8.00. The Balaban J connectivity index is 1.26. The second-order valence-corrected chi connectivity index (χ2v) is 8.43. The van der Waals surface area contributed by atoms with Gasteiger partial charge in [-0.3, -0.25) is 4.90 Å². The van der Waals surface area contributed by atoms with E-state index < -0.39 is 6.10 Å². The summed E-state index contributed by atoms with van der Waals surface area (Å²) in [5.41, 5.74) is 6.23. The van der Waals surface area contributed by atoms with Crippen LogP contribution in [-0.2, 0) is 6.42 Å². The number of halogens is 1. The lowest BCUT2D eigenvalue weighted by atomic mass is 9.98. The van der Waals surface area contributed by atoms with Crippen molar-refractivity contribution in [2.24, 2.45) is 0 Å². The zero-order valence-corrected chi connectivity index (χ0v) is 17.9. The normalized spacial score (nSPS) is 15.6. The highest BCUT2D eigenvalue weighted by Gasteiger charge is 2.15. The van der Waals surface area contributed by atoms with Crippen LogP contribution in [-0.4, -0.2) is 29.6 Å². The molecule has 1 N–H and O–H groups in total. The Hall–Kier alpha value is -2.39. The number of aliphatic hydroxyl groups excluding tert-OH is 1. The summed E-state index contributed by atoms with van der Waals surface area (Å²) >= 11 is 5.96. The molecule has 0 saturated heterocycles. The van der Waals surface area contributed by atoms with Gasteiger partial charge >= 0.3 is 0 Å². The van der Waals surface area contributed by atoms with E-state index >= 15 is 0 Å². The summed E-state index contributed by atoms with van der Waals surface area (Å²) in [5, 5.41) is 11.4. The number of benzene rings is 3. The molecular formula is C27H28ClNO. The van der Waals surface area contributed by atoms with E-state index in [0.29, 0.717) is 0 Å². The number of nitrogens with zero attached hydrogens (tertiary/aromatic N) is 1. The molecule has 4 rings (SSSR count). The Morgan fingerprint density at radius 2 is 1.53 bits per heavy atom. The van der Waals surface area contributed by atoms with Crippen LogP contribution in [0.3, 0.4) is 0 Å². The van der Waals surface area contributed by atoms with Crippen LogP contribution in [0.2, 0.25) is 5.02 Å². The van der Waals surface area contributed by atoms with Crippen LogP contribution < -0.4 is 0 Å². The molecule has 0 saturated carbocycles. The molecule has 3 aromatic rings. The second kappa shape index (κ2) is 10.1. The third-order valence-electron chi connectivity index (χ3n) is 5.84. The summed E-state index contributed by atoms with van der Waals surface area (Å²) < 4.78 is 0. The van der Waals surface area contributed by atoms with E-state index in [2.05, 4.69) is 77.7 Å². The fraction of sp³-hybridized carbons (Fsp3) is 0.259. The molecule has 0 unspecified atom stereocenters. The van der Waals surface area contributed by atoms with Crippen LogP contribution >= 0.6 is 11.6 Å². The predicted molar refractivity (Wildman–Crippen MR) is 126 cm³/mol. The van der Waals surface area contributed by atoms with Crippen molar-refractivity contribution in [2.45, 2.75) is 25.4 Å². The standard InChI is InChI=1S/C27H28ClNO/c28-26-12-8-22(9-13-26)20-21-6-10-25(11-7-21)27(30)16-19-29-17-14-24(15-18-29)23-4-2-1-3-5-23/h1-14,27,30H,15-20H2/t27-/m0/s1. The lowest BCUT2D eigenvalue weighted by molar-refractivity contribution is 0.145. The van der Waals surface area contributed by atoms with E-state index in [4.69, 9.17) is 11.6 Å². The molecule has 0 aliphatic carbocycles. The zero-order chi connectivity index (χ0) is 20.8. The van der Waals surface area contributed by atoms with Crippen LogP contribution in [0.15, 0.2) is 84.9 Å². The van der Waals surface area contributed by atoms with Gasteiger partial charge in [0.05, 0.1) is 6.10 Å². The van der Waals surface area contributed by atoms with Gasteiger partial charge < -0.3 is 5.11 Å². The maximum absolute atomic E-state index is 10.6. The molecule has 30 heavy (non-hydrogen) atoms. The van der Waals surface area contributed by atoms with Crippen molar-refractivity contribution >= 4 is 17.2 Å². The molecular weight excluding hydrogens is 390 g/mol. The monoisotopic (exact) mass is 417 g/mol. The van der Waals surface area contributed by atoms with Crippen molar-refractivity contribution in [2.75, 3.05) is 19.6 Å². The molecule has 154 valence electrons. The van der Waals surface area contributed by atoms with Gasteiger partial charge in [0.2, 0.25) is 0 Å². The van der Waals surface area contributed by atoms with Gasteiger partial charge in [-0.05, 0) is 59.2 Å². The third kappa shape index (κ3) is 5.60. The highest BCUT2D eigenvalue weighted by molar-refractivity contribution is 6.30. The van der Waals surface area contributed by atoms with Crippen molar-refractivity contribution in [1.29, 1.82) is 0 Å². The summed E-state index contributed by atoms with van der Waals surface area (Å²) in [6.45, 7) is 2.91. The molecule has 1 heterocycles. The van der Waals surface area contributed by atoms with Gasteiger partial charge in [0.15, 0.2) is 0 Å². The summed E-state index contributed by atoms with van der Waals surface area (Å²) in [4.78, 5) is 2.42. The largest absolute Gasteiger partial charge is 0.388 e. The quantitative estimate of drug-likeness (QED) is 0.498. The van der Waals surface area contributed by atoms with Crippen molar-refractivity contribution in [3.8, 4) is 0 Å². The van der Waals surface area contributed by atoms with Gasteiger partial charge in [0, 0.05) is 24.7 Å². The maximum atomic E-state index is 10.6. The molecule has 0 fully saturated rings. The minimum Gasteiger partial charge on any atom is -0.388 e.